The van der Waals surface area contributed by atoms with E-state index in [2.05, 4.69) is 0 Å². The molecule has 3 rings (SSSR count). The van der Waals surface area contributed by atoms with Gasteiger partial charge in [0.1, 0.15) is 0 Å². The van der Waals surface area contributed by atoms with Gasteiger partial charge in [-0.1, -0.05) is 31.2 Å². The maximum absolute atomic E-state index is 13.5. The molecular weight excluding hydrogens is 362 g/mol. The minimum atomic E-state index is -0.941. The molecule has 1 aliphatic heterocycles. The second-order valence-electron chi connectivity index (χ2n) is 7.19. The summed E-state index contributed by atoms with van der Waals surface area (Å²) in [6.45, 7) is 4.11. The summed E-state index contributed by atoms with van der Waals surface area (Å²) >= 11 is 0. The summed E-state index contributed by atoms with van der Waals surface area (Å²) in [5, 5.41) is 0. The summed E-state index contributed by atoms with van der Waals surface area (Å²) in [4.78, 5) is 28.7. The zero-order valence-electron chi connectivity index (χ0n) is 16.3. The molecule has 2 atom stereocenters. The Labute approximate surface area is 163 Å². The minimum Gasteiger partial charge on any atom is -0.339 e. The van der Waals surface area contributed by atoms with E-state index < -0.39 is 23.6 Å². The molecule has 1 aliphatic rings. The molecule has 0 aliphatic carbocycles. The van der Waals surface area contributed by atoms with Crippen molar-refractivity contribution in [2.45, 2.75) is 32.7 Å². The average Bonchev–Trinajstić information content (AvgIpc) is 3.09. The lowest BCUT2D eigenvalue weighted by Gasteiger charge is -2.28. The van der Waals surface area contributed by atoms with E-state index in [1.165, 1.54) is 11.0 Å². The summed E-state index contributed by atoms with van der Waals surface area (Å²) in [5.41, 5.74) is 2.42. The van der Waals surface area contributed by atoms with E-state index in [0.29, 0.717) is 12.1 Å². The van der Waals surface area contributed by atoms with Gasteiger partial charge in [-0.2, -0.15) is 0 Å². The van der Waals surface area contributed by atoms with Gasteiger partial charge < -0.3 is 9.80 Å². The van der Waals surface area contributed by atoms with E-state index in [0.717, 1.165) is 29.8 Å². The third kappa shape index (κ3) is 3.77. The quantitative estimate of drug-likeness (QED) is 0.776. The van der Waals surface area contributed by atoms with E-state index in [9.17, 15) is 18.4 Å². The van der Waals surface area contributed by atoms with Crippen molar-refractivity contribution in [3.63, 3.8) is 0 Å². The van der Waals surface area contributed by atoms with Gasteiger partial charge in [-0.25, -0.2) is 8.78 Å². The van der Waals surface area contributed by atoms with Crippen molar-refractivity contribution in [3.8, 4) is 0 Å². The summed E-state index contributed by atoms with van der Waals surface area (Å²) in [5.74, 6) is -2.58. The van der Waals surface area contributed by atoms with Crippen molar-refractivity contribution in [2.75, 3.05) is 18.5 Å². The van der Waals surface area contributed by atoms with Crippen molar-refractivity contribution < 1.29 is 18.4 Å². The number of nitrogens with zero attached hydrogens (tertiary/aromatic N) is 2. The highest BCUT2D eigenvalue weighted by Gasteiger charge is 2.38. The van der Waals surface area contributed by atoms with Crippen LogP contribution in [-0.4, -0.2) is 30.3 Å². The maximum Gasteiger partial charge on any atom is 0.228 e. The first kappa shape index (κ1) is 20.0. The fourth-order valence-corrected chi connectivity index (χ4v) is 3.65. The van der Waals surface area contributed by atoms with Crippen molar-refractivity contribution in [1.29, 1.82) is 0 Å². The van der Waals surface area contributed by atoms with Gasteiger partial charge in [-0.3, -0.25) is 9.59 Å². The lowest BCUT2D eigenvalue weighted by Crippen LogP contribution is -2.36. The number of hydrogen-bond donors (Lipinski definition) is 0. The van der Waals surface area contributed by atoms with E-state index >= 15 is 0 Å². The highest BCUT2D eigenvalue weighted by molar-refractivity contribution is 6.00. The number of para-hydroxylation sites is 1. The molecule has 2 aromatic rings. The van der Waals surface area contributed by atoms with Crippen LogP contribution in [0.25, 0.3) is 0 Å². The predicted octanol–water partition coefficient (Wildman–Crippen LogP) is 4.10. The summed E-state index contributed by atoms with van der Waals surface area (Å²) in [6.07, 6.45) is 0.942. The van der Waals surface area contributed by atoms with Crippen molar-refractivity contribution in [3.05, 3.63) is 65.2 Å². The van der Waals surface area contributed by atoms with E-state index in [1.54, 1.807) is 18.9 Å². The van der Waals surface area contributed by atoms with E-state index in [1.807, 2.05) is 31.2 Å². The second kappa shape index (κ2) is 8.09. The molecule has 0 radical (unpaired) electrons. The molecule has 0 aromatic heterocycles. The molecule has 28 heavy (non-hydrogen) atoms. The highest BCUT2D eigenvalue weighted by atomic mass is 19.2. The molecule has 2 unspecified atom stereocenters. The van der Waals surface area contributed by atoms with E-state index in [-0.39, 0.29) is 18.2 Å². The first-order valence-electron chi connectivity index (χ1n) is 9.43. The largest absolute Gasteiger partial charge is 0.339 e. The molecule has 2 amide bonds. The van der Waals surface area contributed by atoms with Crippen LogP contribution in [0, 0.1) is 17.6 Å². The molecule has 1 fully saturated rings. The molecular formula is C22H24F2N2O2. The molecule has 6 heteroatoms. The van der Waals surface area contributed by atoms with Gasteiger partial charge in [0, 0.05) is 25.7 Å². The monoisotopic (exact) mass is 386 g/mol. The Morgan fingerprint density at radius 1 is 1.21 bits per heavy atom. The van der Waals surface area contributed by atoms with Crippen LogP contribution in [-0.2, 0) is 16.0 Å². The van der Waals surface area contributed by atoms with Crippen LogP contribution < -0.4 is 4.90 Å². The number of rotatable bonds is 5. The van der Waals surface area contributed by atoms with Gasteiger partial charge >= 0.3 is 0 Å². The Bertz CT molecular complexity index is 900. The van der Waals surface area contributed by atoms with Gasteiger partial charge in [-0.05, 0) is 42.7 Å². The molecule has 0 N–H and O–H groups in total. The second-order valence-corrected chi connectivity index (χ2v) is 7.19. The Morgan fingerprint density at radius 3 is 2.61 bits per heavy atom. The first-order valence-corrected chi connectivity index (χ1v) is 9.43. The standard InChI is InChI=1S/C22H24F2N2O2/c1-4-15-7-5-6-8-20(15)26-13-17(12-21(26)27)22(28)25(3)14(2)16-9-10-18(23)19(24)11-16/h5-11,14,17H,4,12-13H2,1-3H3. The normalized spacial score (nSPS) is 17.7. The Hall–Kier alpha value is -2.76. The maximum atomic E-state index is 13.5. The topological polar surface area (TPSA) is 40.6 Å². The Morgan fingerprint density at radius 2 is 1.93 bits per heavy atom. The summed E-state index contributed by atoms with van der Waals surface area (Å²) in [7, 11) is 1.63. The SMILES string of the molecule is CCc1ccccc1N1CC(C(=O)N(C)C(C)c2ccc(F)c(F)c2)CC1=O. The molecule has 0 spiro atoms. The number of anilines is 1. The number of carbonyl (C=O) groups excluding carboxylic acids is 2. The number of amides is 2. The number of halogens is 2. The van der Waals surface area contributed by atoms with Gasteiger partial charge in [0.25, 0.3) is 0 Å². The van der Waals surface area contributed by atoms with Gasteiger partial charge in [0.05, 0.1) is 12.0 Å². The van der Waals surface area contributed by atoms with Crippen LogP contribution in [0.5, 0.6) is 0 Å². The Balaban J connectivity index is 1.75. The minimum absolute atomic E-state index is 0.0758. The molecule has 4 nitrogen and oxygen atoms in total. The number of hydrogen-bond acceptors (Lipinski definition) is 2. The number of benzene rings is 2. The fraction of sp³-hybridized carbons (Fsp3) is 0.364. The van der Waals surface area contributed by atoms with Crippen LogP contribution in [0.1, 0.15) is 37.4 Å². The average molecular weight is 386 g/mol. The zero-order valence-corrected chi connectivity index (χ0v) is 16.3. The summed E-state index contributed by atoms with van der Waals surface area (Å²) in [6, 6.07) is 10.9. The van der Waals surface area contributed by atoms with Gasteiger partial charge in [-0.15, -0.1) is 0 Å². The fourth-order valence-electron chi connectivity index (χ4n) is 3.65. The molecule has 1 heterocycles. The van der Waals surface area contributed by atoms with Crippen molar-refractivity contribution in [2.24, 2.45) is 5.92 Å². The molecule has 148 valence electrons. The predicted molar refractivity (Wildman–Crippen MR) is 104 cm³/mol. The smallest absolute Gasteiger partial charge is 0.228 e. The van der Waals surface area contributed by atoms with Crippen molar-refractivity contribution >= 4 is 17.5 Å². The lowest BCUT2D eigenvalue weighted by atomic mass is 10.0. The number of aryl methyl sites for hydroxylation is 1. The Kier molecular flexibility index (Phi) is 5.77. The molecule has 0 bridgehead atoms. The molecule has 2 aromatic carbocycles. The van der Waals surface area contributed by atoms with Crippen LogP contribution in [0.3, 0.4) is 0 Å². The highest BCUT2D eigenvalue weighted by Crippen LogP contribution is 2.31. The van der Waals surface area contributed by atoms with Crippen molar-refractivity contribution in [1.82, 2.24) is 4.90 Å². The third-order valence-corrected chi connectivity index (χ3v) is 5.49. The number of carbonyl (C=O) groups is 2. The summed E-state index contributed by atoms with van der Waals surface area (Å²) < 4.78 is 26.7. The lowest BCUT2D eigenvalue weighted by molar-refractivity contribution is -0.136. The van der Waals surface area contributed by atoms with Crippen LogP contribution in [0.4, 0.5) is 14.5 Å². The van der Waals surface area contributed by atoms with Crippen LogP contribution in [0.15, 0.2) is 42.5 Å². The van der Waals surface area contributed by atoms with Crippen LogP contribution in [0.2, 0.25) is 0 Å². The first-order chi connectivity index (χ1) is 13.3. The van der Waals surface area contributed by atoms with Gasteiger partial charge in [0.15, 0.2) is 11.6 Å². The molecule has 1 saturated heterocycles. The zero-order chi connectivity index (χ0) is 20.4. The van der Waals surface area contributed by atoms with Crippen LogP contribution >= 0.6 is 0 Å². The third-order valence-electron chi connectivity index (χ3n) is 5.49. The van der Waals surface area contributed by atoms with E-state index in [4.69, 9.17) is 0 Å². The van der Waals surface area contributed by atoms with Gasteiger partial charge in [0.2, 0.25) is 11.8 Å². The molecule has 0 saturated carbocycles.